The first-order chi connectivity index (χ1) is 6.75. The summed E-state index contributed by atoms with van der Waals surface area (Å²) in [5.41, 5.74) is 2.14. The van der Waals surface area contributed by atoms with E-state index in [4.69, 9.17) is 0 Å². The Balaban J connectivity index is 1.92. The fourth-order valence-corrected chi connectivity index (χ4v) is 1.63. The lowest BCUT2D eigenvalue weighted by Crippen LogP contribution is -2.25. The summed E-state index contributed by atoms with van der Waals surface area (Å²) in [5, 5.41) is 7.40. The molecule has 0 saturated heterocycles. The third-order valence-corrected chi connectivity index (χ3v) is 2.55. The van der Waals surface area contributed by atoms with E-state index in [-0.39, 0.29) is 5.92 Å². The maximum atomic E-state index is 11.7. The van der Waals surface area contributed by atoms with Crippen molar-refractivity contribution in [3.63, 3.8) is 0 Å². The van der Waals surface area contributed by atoms with Crippen LogP contribution in [0.1, 0.15) is 18.4 Å². The van der Waals surface area contributed by atoms with Gasteiger partial charge >= 0.3 is 0 Å². The number of aromatic nitrogens is 2. The van der Waals surface area contributed by atoms with Gasteiger partial charge in [-0.05, 0) is 24.5 Å². The molecule has 1 heterocycles. The summed E-state index contributed by atoms with van der Waals surface area (Å²) in [7, 11) is 0. The van der Waals surface area contributed by atoms with Crippen LogP contribution in [-0.4, -0.2) is 16.0 Å². The summed E-state index contributed by atoms with van der Waals surface area (Å²) in [5.74, 6) is 0.501. The van der Waals surface area contributed by atoms with E-state index in [1.807, 2.05) is 6.07 Å². The van der Waals surface area contributed by atoms with E-state index >= 15 is 0 Å². The zero-order valence-corrected chi connectivity index (χ0v) is 7.94. The first kappa shape index (κ1) is 9.06. The maximum Gasteiger partial charge on any atom is 0.141 e. The Morgan fingerprint density at radius 3 is 2.86 bits per heavy atom. The Morgan fingerprint density at radius 1 is 1.50 bits per heavy atom. The summed E-state index contributed by atoms with van der Waals surface area (Å²) >= 11 is 0. The summed E-state index contributed by atoms with van der Waals surface area (Å²) in [6, 6.07) is 1.83. The topological polar surface area (TPSA) is 42.9 Å². The van der Waals surface area contributed by atoms with E-state index in [0.29, 0.717) is 12.2 Å². The van der Waals surface area contributed by atoms with Gasteiger partial charge in [0.1, 0.15) is 5.78 Å². The minimum absolute atomic E-state index is 0.204. The fourth-order valence-electron chi connectivity index (χ4n) is 1.63. The number of hydrogen-bond acceptors (Lipinski definition) is 3. The first-order valence-electron chi connectivity index (χ1n) is 4.70. The molecule has 3 nitrogen and oxygen atoms in total. The third kappa shape index (κ3) is 1.87. The molecule has 1 saturated carbocycles. The van der Waals surface area contributed by atoms with Crippen LogP contribution in [-0.2, 0) is 11.2 Å². The van der Waals surface area contributed by atoms with E-state index in [1.165, 1.54) is 5.57 Å². The normalized spacial score (nSPS) is 16.4. The molecule has 0 bridgehead atoms. The minimum atomic E-state index is 0.204. The van der Waals surface area contributed by atoms with Crippen molar-refractivity contribution in [2.75, 3.05) is 0 Å². The van der Waals surface area contributed by atoms with E-state index in [9.17, 15) is 4.79 Å². The molecule has 72 valence electrons. The number of allylic oxidation sites excluding steroid dienone is 1. The zero-order valence-electron chi connectivity index (χ0n) is 7.94. The average molecular weight is 188 g/mol. The molecule has 3 heteroatoms. The van der Waals surface area contributed by atoms with Gasteiger partial charge in [0.25, 0.3) is 0 Å². The third-order valence-electron chi connectivity index (χ3n) is 2.55. The lowest BCUT2D eigenvalue weighted by atomic mass is 9.77. The van der Waals surface area contributed by atoms with Crippen LogP contribution in [0.3, 0.4) is 0 Å². The van der Waals surface area contributed by atoms with Crippen LogP contribution in [0.5, 0.6) is 0 Å². The van der Waals surface area contributed by atoms with E-state index in [1.54, 1.807) is 12.4 Å². The van der Waals surface area contributed by atoms with Gasteiger partial charge in [-0.3, -0.25) is 4.79 Å². The van der Waals surface area contributed by atoms with Gasteiger partial charge in [-0.2, -0.15) is 10.2 Å². The van der Waals surface area contributed by atoms with Crippen LogP contribution in [0.2, 0.25) is 0 Å². The van der Waals surface area contributed by atoms with Crippen molar-refractivity contribution in [3.8, 4) is 0 Å². The highest BCUT2D eigenvalue weighted by Gasteiger charge is 2.27. The second-order valence-electron chi connectivity index (χ2n) is 3.75. The number of hydrogen-bond donors (Lipinski definition) is 0. The van der Waals surface area contributed by atoms with Crippen molar-refractivity contribution in [1.82, 2.24) is 10.2 Å². The molecule has 2 rings (SSSR count). The van der Waals surface area contributed by atoms with E-state index < -0.39 is 0 Å². The Labute approximate surface area is 82.9 Å². The van der Waals surface area contributed by atoms with Crippen molar-refractivity contribution < 1.29 is 4.79 Å². The Morgan fingerprint density at radius 2 is 2.29 bits per heavy atom. The molecule has 1 aliphatic carbocycles. The first-order valence-corrected chi connectivity index (χ1v) is 4.70. The zero-order chi connectivity index (χ0) is 9.97. The predicted octanol–water partition coefficient (Wildman–Crippen LogP) is 1.55. The van der Waals surface area contributed by atoms with Gasteiger partial charge in [0, 0.05) is 18.5 Å². The number of carbonyl (C=O) groups excluding carboxylic acids is 1. The quantitative estimate of drug-likeness (QED) is 0.676. The number of ketones is 1. The van der Waals surface area contributed by atoms with Crippen LogP contribution in [0.15, 0.2) is 30.6 Å². The molecular weight excluding hydrogens is 176 g/mol. The Kier molecular flexibility index (Phi) is 2.39. The summed E-state index contributed by atoms with van der Waals surface area (Å²) in [6.45, 7) is 3.83. The largest absolute Gasteiger partial charge is 0.299 e. The highest BCUT2D eigenvalue weighted by Crippen LogP contribution is 2.32. The lowest BCUT2D eigenvalue weighted by molar-refractivity contribution is -0.123. The SMILES string of the molecule is C=C1CC(C(=O)Cc2ccnnc2)C1. The standard InChI is InChI=1S/C11H12N2O/c1-8-4-10(5-8)11(14)6-9-2-3-12-13-7-9/h2-3,7,10H,1,4-6H2. The fraction of sp³-hybridized carbons (Fsp3) is 0.364. The minimum Gasteiger partial charge on any atom is -0.299 e. The van der Waals surface area contributed by atoms with E-state index in [2.05, 4.69) is 16.8 Å². The van der Waals surface area contributed by atoms with Crippen molar-refractivity contribution >= 4 is 5.78 Å². The van der Waals surface area contributed by atoms with Gasteiger partial charge in [-0.1, -0.05) is 12.2 Å². The van der Waals surface area contributed by atoms with Gasteiger partial charge in [-0.25, -0.2) is 0 Å². The van der Waals surface area contributed by atoms with Gasteiger partial charge in [0.05, 0.1) is 6.20 Å². The van der Waals surface area contributed by atoms with E-state index in [0.717, 1.165) is 18.4 Å². The molecule has 0 aliphatic heterocycles. The van der Waals surface area contributed by atoms with Crippen LogP contribution < -0.4 is 0 Å². The highest BCUT2D eigenvalue weighted by atomic mass is 16.1. The molecule has 0 unspecified atom stereocenters. The number of rotatable bonds is 3. The summed E-state index contributed by atoms with van der Waals surface area (Å²) < 4.78 is 0. The molecular formula is C11H12N2O. The van der Waals surface area contributed by atoms with Crippen LogP contribution in [0, 0.1) is 5.92 Å². The molecule has 0 amide bonds. The molecule has 1 aliphatic rings. The van der Waals surface area contributed by atoms with Crippen LogP contribution >= 0.6 is 0 Å². The molecule has 14 heavy (non-hydrogen) atoms. The molecule has 1 fully saturated rings. The Bertz CT molecular complexity index is 351. The van der Waals surface area contributed by atoms with Crippen molar-refractivity contribution in [2.45, 2.75) is 19.3 Å². The number of nitrogens with zero attached hydrogens (tertiary/aromatic N) is 2. The molecule has 0 aromatic carbocycles. The Hall–Kier alpha value is -1.51. The van der Waals surface area contributed by atoms with Gasteiger partial charge in [0.15, 0.2) is 0 Å². The van der Waals surface area contributed by atoms with Crippen molar-refractivity contribution in [3.05, 3.63) is 36.2 Å². The maximum absolute atomic E-state index is 11.7. The number of Topliss-reactive ketones (excluding diaryl/α,β-unsaturated/α-hetero) is 1. The summed E-state index contributed by atoms with van der Waals surface area (Å²) in [4.78, 5) is 11.7. The summed E-state index contributed by atoms with van der Waals surface area (Å²) in [6.07, 6.45) is 5.48. The molecule has 0 N–H and O–H groups in total. The smallest absolute Gasteiger partial charge is 0.141 e. The highest BCUT2D eigenvalue weighted by molar-refractivity contribution is 5.84. The lowest BCUT2D eigenvalue weighted by Gasteiger charge is -2.26. The molecule has 0 spiro atoms. The van der Waals surface area contributed by atoms with Gasteiger partial charge in [0.2, 0.25) is 0 Å². The second-order valence-corrected chi connectivity index (χ2v) is 3.75. The van der Waals surface area contributed by atoms with Gasteiger partial charge < -0.3 is 0 Å². The molecule has 0 atom stereocenters. The van der Waals surface area contributed by atoms with Gasteiger partial charge in [-0.15, -0.1) is 0 Å². The van der Waals surface area contributed by atoms with Crippen molar-refractivity contribution in [2.24, 2.45) is 5.92 Å². The predicted molar refractivity (Wildman–Crippen MR) is 52.6 cm³/mol. The molecule has 1 aromatic rings. The van der Waals surface area contributed by atoms with Crippen molar-refractivity contribution in [1.29, 1.82) is 0 Å². The molecule has 0 radical (unpaired) electrons. The number of carbonyl (C=O) groups is 1. The van der Waals surface area contributed by atoms with Crippen LogP contribution in [0.25, 0.3) is 0 Å². The second kappa shape index (κ2) is 3.70. The average Bonchev–Trinajstić information content (AvgIpc) is 2.14. The monoisotopic (exact) mass is 188 g/mol. The van der Waals surface area contributed by atoms with Crippen LogP contribution in [0.4, 0.5) is 0 Å². The molecule has 1 aromatic heterocycles.